The van der Waals surface area contributed by atoms with Gasteiger partial charge in [-0.2, -0.15) is 9.78 Å². The molecule has 0 aliphatic heterocycles. The summed E-state index contributed by atoms with van der Waals surface area (Å²) in [4.78, 5) is 12.0. The molecule has 0 saturated heterocycles. The largest absolute Gasteiger partial charge is 0.506 e. The van der Waals surface area contributed by atoms with Crippen LogP contribution in [0.3, 0.4) is 0 Å². The summed E-state index contributed by atoms with van der Waals surface area (Å²) in [5.41, 5.74) is 0.593. The molecule has 8 heteroatoms. The highest BCUT2D eigenvalue weighted by atomic mass is 35.5. The molecule has 2 rings (SSSR count). The first-order chi connectivity index (χ1) is 9.52. The molecule has 6 nitrogen and oxygen atoms in total. The van der Waals surface area contributed by atoms with Crippen molar-refractivity contribution in [1.29, 1.82) is 0 Å². The maximum absolute atomic E-state index is 12.0. The van der Waals surface area contributed by atoms with Crippen molar-refractivity contribution in [1.82, 2.24) is 14.9 Å². The summed E-state index contributed by atoms with van der Waals surface area (Å²) in [5.74, 6) is -0.00721. The van der Waals surface area contributed by atoms with Gasteiger partial charge in [0.25, 0.3) is 5.56 Å². The average Bonchev–Trinajstić information content (AvgIpc) is 2.44. The van der Waals surface area contributed by atoms with E-state index < -0.39 is 0 Å². The highest BCUT2D eigenvalue weighted by Crippen LogP contribution is 2.22. The van der Waals surface area contributed by atoms with Crippen molar-refractivity contribution in [2.24, 2.45) is 5.10 Å². The third-order valence-electron chi connectivity index (χ3n) is 2.45. The molecular weight excluding hydrogens is 300 g/mol. The number of benzene rings is 1. The number of aromatic nitrogens is 3. The maximum atomic E-state index is 12.0. The first kappa shape index (κ1) is 14.5. The van der Waals surface area contributed by atoms with Crippen molar-refractivity contribution in [2.75, 3.05) is 6.26 Å². The molecule has 1 N–H and O–H groups in total. The summed E-state index contributed by atoms with van der Waals surface area (Å²) >= 11 is 7.07. The SMILES string of the molecule is CSc1nnc(C)c(=O)n1/N=C\c1ccc(O)c(Cl)c1. The predicted molar refractivity (Wildman–Crippen MR) is 78.9 cm³/mol. The Morgan fingerprint density at radius 1 is 1.45 bits per heavy atom. The number of phenolic OH excluding ortho intramolecular Hbond substituents is 1. The average molecular weight is 311 g/mol. The number of rotatable bonds is 3. The van der Waals surface area contributed by atoms with Crippen molar-refractivity contribution < 1.29 is 5.11 Å². The fraction of sp³-hybridized carbons (Fsp3) is 0.167. The van der Waals surface area contributed by atoms with Crippen molar-refractivity contribution in [3.8, 4) is 5.75 Å². The Kier molecular flexibility index (Phi) is 4.41. The van der Waals surface area contributed by atoms with Gasteiger partial charge in [-0.15, -0.1) is 10.2 Å². The van der Waals surface area contributed by atoms with Crippen LogP contribution in [0.25, 0.3) is 0 Å². The molecule has 0 fully saturated rings. The Hall–Kier alpha value is -1.86. The Balaban J connectivity index is 2.43. The molecule has 0 bridgehead atoms. The second-order valence-electron chi connectivity index (χ2n) is 3.84. The van der Waals surface area contributed by atoms with E-state index in [9.17, 15) is 9.90 Å². The Labute approximate surface area is 124 Å². The lowest BCUT2D eigenvalue weighted by Crippen LogP contribution is -2.23. The van der Waals surface area contributed by atoms with E-state index in [0.717, 1.165) is 0 Å². The quantitative estimate of drug-likeness (QED) is 0.692. The molecule has 0 aliphatic rings. The Bertz CT molecular complexity index is 730. The van der Waals surface area contributed by atoms with Crippen LogP contribution in [0, 0.1) is 6.92 Å². The summed E-state index contributed by atoms with van der Waals surface area (Å²) in [5, 5.41) is 21.7. The fourth-order valence-corrected chi connectivity index (χ4v) is 2.01. The van der Waals surface area contributed by atoms with E-state index in [2.05, 4.69) is 15.3 Å². The molecule has 1 heterocycles. The molecule has 0 unspecified atom stereocenters. The first-order valence-corrected chi connectivity index (χ1v) is 7.16. The number of hydrogen-bond acceptors (Lipinski definition) is 6. The normalized spacial score (nSPS) is 11.2. The van der Waals surface area contributed by atoms with E-state index in [1.54, 1.807) is 25.3 Å². The van der Waals surface area contributed by atoms with Gasteiger partial charge >= 0.3 is 0 Å². The molecule has 0 aliphatic carbocycles. The van der Waals surface area contributed by atoms with Crippen molar-refractivity contribution in [3.05, 3.63) is 44.8 Å². The number of phenols is 1. The van der Waals surface area contributed by atoms with Crippen LogP contribution >= 0.6 is 23.4 Å². The molecule has 2 aromatic rings. The van der Waals surface area contributed by atoms with E-state index >= 15 is 0 Å². The van der Waals surface area contributed by atoms with Gasteiger partial charge in [0.2, 0.25) is 5.16 Å². The monoisotopic (exact) mass is 310 g/mol. The Morgan fingerprint density at radius 2 is 2.20 bits per heavy atom. The molecule has 0 radical (unpaired) electrons. The summed E-state index contributed by atoms with van der Waals surface area (Å²) in [6.07, 6.45) is 3.25. The Morgan fingerprint density at radius 3 is 2.85 bits per heavy atom. The standard InChI is InChI=1S/C12H11ClN4O2S/c1-7-11(19)17(12(20-2)16-15-7)14-6-8-3-4-10(18)9(13)5-8/h3-6,18H,1-2H3/b14-6-. The lowest BCUT2D eigenvalue weighted by Gasteiger charge is -2.03. The molecule has 0 spiro atoms. The van der Waals surface area contributed by atoms with E-state index in [1.807, 2.05) is 0 Å². The number of halogens is 1. The molecule has 0 saturated carbocycles. The van der Waals surface area contributed by atoms with Crippen LogP contribution in [0.5, 0.6) is 5.75 Å². The molecule has 20 heavy (non-hydrogen) atoms. The van der Waals surface area contributed by atoms with Gasteiger partial charge in [0, 0.05) is 0 Å². The third kappa shape index (κ3) is 3.00. The van der Waals surface area contributed by atoms with Gasteiger partial charge in [0.05, 0.1) is 11.2 Å². The summed E-state index contributed by atoms with van der Waals surface area (Å²) in [6.45, 7) is 1.57. The van der Waals surface area contributed by atoms with E-state index in [4.69, 9.17) is 11.6 Å². The first-order valence-electron chi connectivity index (χ1n) is 5.56. The van der Waals surface area contributed by atoms with Crippen molar-refractivity contribution >= 4 is 29.6 Å². The molecule has 104 valence electrons. The van der Waals surface area contributed by atoms with Gasteiger partial charge in [-0.25, -0.2) is 0 Å². The smallest absolute Gasteiger partial charge is 0.296 e. The molecule has 0 amide bonds. The lowest BCUT2D eigenvalue weighted by atomic mass is 10.2. The number of nitrogens with zero attached hydrogens (tertiary/aromatic N) is 4. The van der Waals surface area contributed by atoms with E-state index in [-0.39, 0.29) is 22.0 Å². The molecular formula is C12H11ClN4O2S. The van der Waals surface area contributed by atoms with E-state index in [1.165, 1.54) is 28.7 Å². The number of thioether (sulfide) groups is 1. The minimum Gasteiger partial charge on any atom is -0.506 e. The van der Waals surface area contributed by atoms with Crippen molar-refractivity contribution in [3.63, 3.8) is 0 Å². The zero-order valence-electron chi connectivity index (χ0n) is 10.7. The van der Waals surface area contributed by atoms with Gasteiger partial charge in [-0.3, -0.25) is 4.79 Å². The van der Waals surface area contributed by atoms with Gasteiger partial charge < -0.3 is 5.11 Å². The van der Waals surface area contributed by atoms with Gasteiger partial charge in [0.1, 0.15) is 11.4 Å². The molecule has 0 atom stereocenters. The number of aryl methyl sites for hydroxylation is 1. The third-order valence-corrected chi connectivity index (χ3v) is 3.37. The lowest BCUT2D eigenvalue weighted by molar-refractivity contribution is 0.475. The van der Waals surface area contributed by atoms with Gasteiger partial charge in [-0.05, 0) is 36.9 Å². The summed E-state index contributed by atoms with van der Waals surface area (Å²) in [6, 6.07) is 4.64. The molecule has 1 aromatic carbocycles. The van der Waals surface area contributed by atoms with Gasteiger partial charge in [-0.1, -0.05) is 23.4 Å². The number of aromatic hydroxyl groups is 1. The summed E-state index contributed by atoms with van der Waals surface area (Å²) in [7, 11) is 0. The van der Waals surface area contributed by atoms with Crippen LogP contribution < -0.4 is 5.56 Å². The maximum Gasteiger partial charge on any atom is 0.296 e. The van der Waals surface area contributed by atoms with E-state index in [0.29, 0.717) is 10.7 Å². The highest BCUT2D eigenvalue weighted by molar-refractivity contribution is 7.98. The summed E-state index contributed by atoms with van der Waals surface area (Å²) < 4.78 is 1.17. The highest BCUT2D eigenvalue weighted by Gasteiger charge is 2.07. The van der Waals surface area contributed by atoms with Crippen LogP contribution in [-0.2, 0) is 0 Å². The van der Waals surface area contributed by atoms with Gasteiger partial charge in [0.15, 0.2) is 0 Å². The predicted octanol–water partition coefficient (Wildman–Crippen LogP) is 1.91. The second kappa shape index (κ2) is 6.06. The minimum absolute atomic E-state index is 0.00721. The zero-order chi connectivity index (χ0) is 14.7. The topological polar surface area (TPSA) is 80.4 Å². The van der Waals surface area contributed by atoms with Crippen LogP contribution in [0.1, 0.15) is 11.3 Å². The van der Waals surface area contributed by atoms with Crippen molar-refractivity contribution in [2.45, 2.75) is 12.1 Å². The number of hydrogen-bond donors (Lipinski definition) is 1. The fourth-order valence-electron chi connectivity index (χ4n) is 1.40. The van der Waals surface area contributed by atoms with Crippen LogP contribution in [-0.4, -0.2) is 32.5 Å². The zero-order valence-corrected chi connectivity index (χ0v) is 12.3. The van der Waals surface area contributed by atoms with Crippen LogP contribution in [0.15, 0.2) is 33.3 Å². The second-order valence-corrected chi connectivity index (χ2v) is 5.03. The minimum atomic E-state index is -0.328. The molecule has 1 aromatic heterocycles. The van der Waals surface area contributed by atoms with Crippen LogP contribution in [0.4, 0.5) is 0 Å². The van der Waals surface area contributed by atoms with Crippen LogP contribution in [0.2, 0.25) is 5.02 Å².